The molecule has 2 aromatic heterocycles. The smallest absolute Gasteiger partial charge is 0.416 e. The molecule has 0 spiro atoms. The summed E-state index contributed by atoms with van der Waals surface area (Å²) in [6.45, 7) is 0. The van der Waals surface area contributed by atoms with Crippen LogP contribution >= 0.6 is 0 Å². The van der Waals surface area contributed by atoms with Crippen molar-refractivity contribution in [1.82, 2.24) is 20.4 Å². The molecule has 6 nitrogen and oxygen atoms in total. The second-order valence-corrected chi connectivity index (χ2v) is 8.99. The quantitative estimate of drug-likeness (QED) is 0.183. The van der Waals surface area contributed by atoms with Crippen molar-refractivity contribution >= 4 is 0 Å². The minimum Gasteiger partial charge on any atom is -0.416 e. The summed E-state index contributed by atoms with van der Waals surface area (Å²) in [5.41, 5.74) is -7.71. The molecule has 0 fully saturated rings. The molecule has 0 radical (unpaired) electrons. The van der Waals surface area contributed by atoms with E-state index in [1.165, 1.54) is 24.3 Å². The highest BCUT2D eigenvalue weighted by atomic mass is 19.4. The molecule has 5 aromatic rings. The SMILES string of the molecule is FC(F)(F)c1cc(-c2nnc(-c3cccc(-c4nnc(-c5cc(C(F)(F)F)cc(C(F)(F)F)c5)o4)c3)o2)cc(C(F)(F)F)c1. The number of halogens is 12. The lowest BCUT2D eigenvalue weighted by Gasteiger charge is -2.12. The number of rotatable bonds is 4. The van der Waals surface area contributed by atoms with Gasteiger partial charge in [-0.1, -0.05) is 6.07 Å². The van der Waals surface area contributed by atoms with E-state index >= 15 is 0 Å². The normalized spacial score (nSPS) is 13.0. The van der Waals surface area contributed by atoms with Gasteiger partial charge in [0.05, 0.1) is 22.3 Å². The standard InChI is InChI=1S/C26H10F12N4O2/c27-23(28,29)15-5-13(6-16(9-15)24(30,31)32)21-41-39-19(43-21)11-2-1-3-12(4-11)20-40-42-22(44-20)14-7-17(25(33,34)35)10-18(8-14)26(36,37)38/h1-10H. The van der Waals surface area contributed by atoms with E-state index < -0.39 is 69.9 Å². The summed E-state index contributed by atoms with van der Waals surface area (Å²) >= 11 is 0. The van der Waals surface area contributed by atoms with Crippen molar-refractivity contribution in [2.75, 3.05) is 0 Å². The Balaban J connectivity index is 1.49. The predicted octanol–water partition coefficient (Wildman–Crippen LogP) is 9.20. The van der Waals surface area contributed by atoms with E-state index in [1.807, 2.05) is 0 Å². The first-order valence-corrected chi connectivity index (χ1v) is 11.7. The maximum absolute atomic E-state index is 13.2. The van der Waals surface area contributed by atoms with Crippen LogP contribution in [-0.2, 0) is 24.7 Å². The molecule has 0 unspecified atom stereocenters. The first-order chi connectivity index (χ1) is 20.3. The van der Waals surface area contributed by atoms with Gasteiger partial charge < -0.3 is 8.83 Å². The van der Waals surface area contributed by atoms with Crippen LogP contribution in [0.4, 0.5) is 52.7 Å². The number of benzene rings is 3. The molecule has 0 aliphatic rings. The van der Waals surface area contributed by atoms with Crippen molar-refractivity contribution in [3.05, 3.63) is 82.9 Å². The van der Waals surface area contributed by atoms with Crippen molar-refractivity contribution in [3.8, 4) is 45.8 Å². The van der Waals surface area contributed by atoms with Crippen molar-refractivity contribution < 1.29 is 61.5 Å². The van der Waals surface area contributed by atoms with Crippen LogP contribution in [0.15, 0.2) is 69.5 Å². The number of alkyl halides is 12. The summed E-state index contributed by atoms with van der Waals surface area (Å²) in [5, 5.41) is 14.3. The summed E-state index contributed by atoms with van der Waals surface area (Å²) in [5.74, 6) is -2.13. The Kier molecular flexibility index (Phi) is 7.20. The highest BCUT2D eigenvalue weighted by Gasteiger charge is 2.39. The highest BCUT2D eigenvalue weighted by molar-refractivity contribution is 5.67. The van der Waals surface area contributed by atoms with Gasteiger partial charge in [-0.2, -0.15) is 52.7 Å². The molecule has 0 saturated carbocycles. The number of hydrogen-bond acceptors (Lipinski definition) is 6. The summed E-state index contributed by atoms with van der Waals surface area (Å²) in [4.78, 5) is 0. The van der Waals surface area contributed by atoms with Crippen molar-refractivity contribution in [1.29, 1.82) is 0 Å². The average molecular weight is 638 g/mol. The van der Waals surface area contributed by atoms with Crippen LogP contribution < -0.4 is 0 Å². The molecule has 0 aliphatic carbocycles. The average Bonchev–Trinajstić information content (AvgIpc) is 3.62. The zero-order valence-electron chi connectivity index (χ0n) is 20.9. The molecule has 0 atom stereocenters. The minimum atomic E-state index is -5.13. The molecule has 0 bridgehead atoms. The minimum absolute atomic E-state index is 0.0439. The van der Waals surface area contributed by atoms with Crippen LogP contribution in [0.5, 0.6) is 0 Å². The van der Waals surface area contributed by atoms with Crippen LogP contribution in [0.3, 0.4) is 0 Å². The Morgan fingerprint density at radius 3 is 0.909 bits per heavy atom. The molecular weight excluding hydrogens is 628 g/mol. The number of aromatic nitrogens is 4. The van der Waals surface area contributed by atoms with E-state index in [0.717, 1.165) is 0 Å². The first-order valence-electron chi connectivity index (χ1n) is 11.7. The van der Waals surface area contributed by atoms with Crippen molar-refractivity contribution in [3.63, 3.8) is 0 Å². The Bertz CT molecular complexity index is 1640. The van der Waals surface area contributed by atoms with Crippen LogP contribution in [0.2, 0.25) is 0 Å². The Morgan fingerprint density at radius 1 is 0.364 bits per heavy atom. The molecule has 230 valence electrons. The van der Waals surface area contributed by atoms with Crippen molar-refractivity contribution in [2.45, 2.75) is 24.7 Å². The third-order valence-corrected chi connectivity index (χ3v) is 5.88. The molecular formula is C26H10F12N4O2. The number of nitrogens with zero attached hydrogens (tertiary/aromatic N) is 4. The zero-order valence-corrected chi connectivity index (χ0v) is 20.9. The fourth-order valence-corrected chi connectivity index (χ4v) is 3.86. The van der Waals surface area contributed by atoms with Crippen LogP contribution in [0.1, 0.15) is 22.3 Å². The van der Waals surface area contributed by atoms with Gasteiger partial charge in [0.25, 0.3) is 0 Å². The molecule has 0 saturated heterocycles. The summed E-state index contributed by atoms with van der Waals surface area (Å²) in [6.07, 6.45) is -20.5. The van der Waals surface area contributed by atoms with Gasteiger partial charge in [0.1, 0.15) is 0 Å². The van der Waals surface area contributed by atoms with Gasteiger partial charge in [-0.15, -0.1) is 20.4 Å². The van der Waals surface area contributed by atoms with E-state index in [1.54, 1.807) is 0 Å². The lowest BCUT2D eigenvalue weighted by Crippen LogP contribution is -2.11. The fraction of sp³-hybridized carbons (Fsp3) is 0.154. The maximum atomic E-state index is 13.2. The van der Waals surface area contributed by atoms with Crippen molar-refractivity contribution in [2.24, 2.45) is 0 Å². The summed E-state index contributed by atoms with van der Waals surface area (Å²) < 4.78 is 169. The topological polar surface area (TPSA) is 77.8 Å². The maximum Gasteiger partial charge on any atom is 0.416 e. The largest absolute Gasteiger partial charge is 0.416 e. The molecule has 0 N–H and O–H groups in total. The molecule has 0 aliphatic heterocycles. The van der Waals surface area contributed by atoms with Gasteiger partial charge >= 0.3 is 24.7 Å². The Labute approximate surface area is 236 Å². The summed E-state index contributed by atoms with van der Waals surface area (Å²) in [7, 11) is 0. The molecule has 5 rings (SSSR count). The monoisotopic (exact) mass is 638 g/mol. The zero-order chi connectivity index (χ0) is 32.2. The van der Waals surface area contributed by atoms with Crippen LogP contribution in [0.25, 0.3) is 45.8 Å². The van der Waals surface area contributed by atoms with Gasteiger partial charge in [-0.3, -0.25) is 0 Å². The van der Waals surface area contributed by atoms with E-state index in [2.05, 4.69) is 20.4 Å². The fourth-order valence-electron chi connectivity index (χ4n) is 3.86. The second kappa shape index (κ2) is 10.4. The van der Waals surface area contributed by atoms with Gasteiger partial charge in [0.2, 0.25) is 23.6 Å². The van der Waals surface area contributed by atoms with Gasteiger partial charge in [-0.05, 0) is 54.6 Å². The highest BCUT2D eigenvalue weighted by Crippen LogP contribution is 2.40. The predicted molar refractivity (Wildman–Crippen MR) is 124 cm³/mol. The second-order valence-electron chi connectivity index (χ2n) is 8.99. The van der Waals surface area contributed by atoms with E-state index in [9.17, 15) is 52.7 Å². The molecule has 18 heteroatoms. The molecule has 44 heavy (non-hydrogen) atoms. The molecule has 3 aromatic carbocycles. The van der Waals surface area contributed by atoms with E-state index in [4.69, 9.17) is 8.83 Å². The number of hydrogen-bond donors (Lipinski definition) is 0. The molecule has 0 amide bonds. The lowest BCUT2D eigenvalue weighted by molar-refractivity contribution is -0.144. The Morgan fingerprint density at radius 2 is 0.636 bits per heavy atom. The van der Waals surface area contributed by atoms with Gasteiger partial charge in [0.15, 0.2) is 0 Å². The van der Waals surface area contributed by atoms with E-state index in [-0.39, 0.29) is 35.0 Å². The first kappa shape index (κ1) is 30.6. The molecule has 2 heterocycles. The van der Waals surface area contributed by atoms with Gasteiger partial charge in [0, 0.05) is 22.3 Å². The van der Waals surface area contributed by atoms with Crippen LogP contribution in [-0.4, -0.2) is 20.4 Å². The Hall–Kier alpha value is -4.90. The van der Waals surface area contributed by atoms with Gasteiger partial charge in [-0.25, -0.2) is 0 Å². The van der Waals surface area contributed by atoms with E-state index in [0.29, 0.717) is 24.3 Å². The third kappa shape index (κ3) is 6.37. The van der Waals surface area contributed by atoms with Crippen LogP contribution in [0, 0.1) is 0 Å². The third-order valence-electron chi connectivity index (χ3n) is 5.88. The summed E-state index contributed by atoms with van der Waals surface area (Å²) in [6, 6.07) is 6.66. The lowest BCUT2D eigenvalue weighted by atomic mass is 10.0.